The molecule has 0 saturated heterocycles. The number of nitrogens with one attached hydrogen (secondary N) is 1. The normalized spacial score (nSPS) is 11.2. The van der Waals surface area contributed by atoms with E-state index in [2.05, 4.69) is 23.8 Å². The van der Waals surface area contributed by atoms with Crippen LogP contribution in [0.15, 0.2) is 18.2 Å². The first-order valence-electron chi connectivity index (χ1n) is 7.31. The Labute approximate surface area is 120 Å². The number of fused-ring (bicyclic) bond motifs is 1. The van der Waals surface area contributed by atoms with Crippen LogP contribution in [-0.2, 0) is 11.2 Å². The number of carbonyl (C=O) groups excluding carboxylic acids is 1. The van der Waals surface area contributed by atoms with Crippen LogP contribution < -0.4 is 0 Å². The Kier molecular flexibility index (Phi) is 4.42. The first kappa shape index (κ1) is 14.6. The molecule has 0 spiro atoms. The van der Waals surface area contributed by atoms with Crippen LogP contribution in [0, 0.1) is 0 Å². The first-order valence-corrected chi connectivity index (χ1v) is 7.31. The van der Waals surface area contributed by atoms with Crippen molar-refractivity contribution in [2.75, 3.05) is 13.1 Å². The summed E-state index contributed by atoms with van der Waals surface area (Å²) >= 11 is 0. The number of likely N-dealkylation sites (N-methyl/N-ethyl adjacent to an activating group) is 1. The minimum atomic E-state index is 0.179. The second-order valence-corrected chi connectivity index (χ2v) is 5.37. The van der Waals surface area contributed by atoms with Gasteiger partial charge in [-0.05, 0) is 31.5 Å². The molecule has 0 bridgehead atoms. The van der Waals surface area contributed by atoms with E-state index in [9.17, 15) is 4.79 Å². The first-order chi connectivity index (χ1) is 9.55. The summed E-state index contributed by atoms with van der Waals surface area (Å²) in [5.41, 5.74) is 3.01. The van der Waals surface area contributed by atoms with Gasteiger partial charge in [-0.1, -0.05) is 19.9 Å². The van der Waals surface area contributed by atoms with E-state index in [0.29, 0.717) is 12.3 Å². The number of rotatable bonds is 5. The molecule has 20 heavy (non-hydrogen) atoms. The molecule has 4 nitrogen and oxygen atoms in total. The van der Waals surface area contributed by atoms with Crippen LogP contribution in [-0.4, -0.2) is 33.9 Å². The van der Waals surface area contributed by atoms with Gasteiger partial charge in [0, 0.05) is 19.0 Å². The number of carbonyl (C=O) groups is 1. The summed E-state index contributed by atoms with van der Waals surface area (Å²) in [5, 5.41) is 0. The van der Waals surface area contributed by atoms with Crippen LogP contribution >= 0.6 is 0 Å². The highest BCUT2D eigenvalue weighted by Gasteiger charge is 2.12. The third kappa shape index (κ3) is 3.00. The third-order valence-electron chi connectivity index (χ3n) is 3.58. The van der Waals surface area contributed by atoms with E-state index in [1.165, 1.54) is 0 Å². The molecular formula is C16H23N3O. The highest BCUT2D eigenvalue weighted by molar-refractivity contribution is 5.81. The lowest BCUT2D eigenvalue weighted by atomic mass is 10.1. The lowest BCUT2D eigenvalue weighted by molar-refractivity contribution is -0.130. The van der Waals surface area contributed by atoms with E-state index in [-0.39, 0.29) is 5.91 Å². The number of benzene rings is 1. The number of amides is 1. The van der Waals surface area contributed by atoms with Gasteiger partial charge in [-0.2, -0.15) is 0 Å². The quantitative estimate of drug-likeness (QED) is 0.910. The van der Waals surface area contributed by atoms with Crippen LogP contribution in [0.5, 0.6) is 0 Å². The molecule has 2 aromatic rings. The van der Waals surface area contributed by atoms with Gasteiger partial charge < -0.3 is 9.88 Å². The lowest BCUT2D eigenvalue weighted by Gasteiger charge is -2.18. The molecule has 108 valence electrons. The summed E-state index contributed by atoms with van der Waals surface area (Å²) < 4.78 is 0. The fourth-order valence-corrected chi connectivity index (χ4v) is 2.32. The van der Waals surface area contributed by atoms with E-state index in [0.717, 1.165) is 35.5 Å². The average molecular weight is 273 g/mol. The molecule has 0 atom stereocenters. The summed E-state index contributed by atoms with van der Waals surface area (Å²) in [7, 11) is 0. The maximum absolute atomic E-state index is 12.1. The van der Waals surface area contributed by atoms with E-state index in [1.54, 1.807) is 0 Å². The Bertz CT molecular complexity index is 597. The lowest BCUT2D eigenvalue weighted by Crippen LogP contribution is -2.31. The molecule has 0 aliphatic carbocycles. The number of aromatic nitrogens is 2. The summed E-state index contributed by atoms with van der Waals surface area (Å²) in [5.74, 6) is 1.55. The summed E-state index contributed by atoms with van der Waals surface area (Å²) in [6.07, 6.45) is 0.452. The van der Waals surface area contributed by atoms with Crippen molar-refractivity contribution < 1.29 is 4.79 Å². The fourth-order valence-electron chi connectivity index (χ4n) is 2.32. The molecule has 1 N–H and O–H groups in total. The van der Waals surface area contributed by atoms with Gasteiger partial charge in [-0.3, -0.25) is 4.79 Å². The van der Waals surface area contributed by atoms with Gasteiger partial charge in [0.25, 0.3) is 0 Å². The zero-order chi connectivity index (χ0) is 14.7. The largest absolute Gasteiger partial charge is 0.343 e. The van der Waals surface area contributed by atoms with Crippen molar-refractivity contribution in [2.45, 2.75) is 40.0 Å². The zero-order valence-corrected chi connectivity index (χ0v) is 12.7. The highest BCUT2D eigenvalue weighted by Crippen LogP contribution is 2.18. The number of aromatic amines is 1. The maximum atomic E-state index is 12.1. The van der Waals surface area contributed by atoms with Crippen molar-refractivity contribution in [1.82, 2.24) is 14.9 Å². The minimum Gasteiger partial charge on any atom is -0.343 e. The van der Waals surface area contributed by atoms with Gasteiger partial charge in [0.05, 0.1) is 17.5 Å². The Balaban J connectivity index is 2.21. The summed E-state index contributed by atoms with van der Waals surface area (Å²) in [6, 6.07) is 6.02. The average Bonchev–Trinajstić information content (AvgIpc) is 2.83. The molecule has 1 aromatic carbocycles. The summed E-state index contributed by atoms with van der Waals surface area (Å²) in [6.45, 7) is 9.77. The van der Waals surface area contributed by atoms with Gasteiger partial charge in [-0.15, -0.1) is 0 Å². The molecule has 0 aliphatic heterocycles. The minimum absolute atomic E-state index is 0.179. The van der Waals surface area contributed by atoms with Crippen LogP contribution in [0.25, 0.3) is 11.0 Å². The van der Waals surface area contributed by atoms with Gasteiger partial charge in [0.2, 0.25) is 5.91 Å². The van der Waals surface area contributed by atoms with E-state index in [1.807, 2.05) is 36.9 Å². The second kappa shape index (κ2) is 6.07. The van der Waals surface area contributed by atoms with Gasteiger partial charge in [0.1, 0.15) is 5.82 Å². The monoisotopic (exact) mass is 273 g/mol. The molecule has 0 fully saturated rings. The Morgan fingerprint density at radius 1 is 1.30 bits per heavy atom. The number of imidazole rings is 1. The molecule has 0 unspecified atom stereocenters. The predicted molar refractivity (Wildman–Crippen MR) is 81.8 cm³/mol. The standard InChI is InChI=1S/C16H23N3O/c1-5-19(6-2)15(20)10-12-7-8-13-14(9-12)18-16(17-13)11(3)4/h7-9,11H,5-6,10H2,1-4H3,(H,17,18). The van der Waals surface area contributed by atoms with Crippen LogP contribution in [0.4, 0.5) is 0 Å². The van der Waals surface area contributed by atoms with Crippen LogP contribution in [0.3, 0.4) is 0 Å². The van der Waals surface area contributed by atoms with Crippen LogP contribution in [0.2, 0.25) is 0 Å². The van der Waals surface area contributed by atoms with Crippen molar-refractivity contribution in [2.24, 2.45) is 0 Å². The summed E-state index contributed by atoms with van der Waals surface area (Å²) in [4.78, 5) is 21.9. The molecular weight excluding hydrogens is 250 g/mol. The second-order valence-electron chi connectivity index (χ2n) is 5.37. The number of hydrogen-bond donors (Lipinski definition) is 1. The molecule has 1 heterocycles. The maximum Gasteiger partial charge on any atom is 0.226 e. The number of hydrogen-bond acceptors (Lipinski definition) is 2. The van der Waals surface area contributed by atoms with Crippen molar-refractivity contribution in [1.29, 1.82) is 0 Å². The highest BCUT2D eigenvalue weighted by atomic mass is 16.2. The zero-order valence-electron chi connectivity index (χ0n) is 12.7. The van der Waals surface area contributed by atoms with E-state index in [4.69, 9.17) is 0 Å². The van der Waals surface area contributed by atoms with Gasteiger partial charge >= 0.3 is 0 Å². The third-order valence-corrected chi connectivity index (χ3v) is 3.58. The smallest absolute Gasteiger partial charge is 0.226 e. The van der Waals surface area contributed by atoms with Crippen molar-refractivity contribution in [3.63, 3.8) is 0 Å². The molecule has 0 saturated carbocycles. The van der Waals surface area contributed by atoms with Crippen molar-refractivity contribution in [3.8, 4) is 0 Å². The van der Waals surface area contributed by atoms with Gasteiger partial charge in [-0.25, -0.2) is 4.98 Å². The van der Waals surface area contributed by atoms with E-state index < -0.39 is 0 Å². The van der Waals surface area contributed by atoms with Crippen molar-refractivity contribution >= 4 is 16.9 Å². The van der Waals surface area contributed by atoms with Gasteiger partial charge in [0.15, 0.2) is 0 Å². The number of H-pyrrole nitrogens is 1. The molecule has 2 rings (SSSR count). The Morgan fingerprint density at radius 2 is 2.00 bits per heavy atom. The van der Waals surface area contributed by atoms with E-state index >= 15 is 0 Å². The predicted octanol–water partition coefficient (Wildman–Crippen LogP) is 3.10. The molecule has 0 aliphatic rings. The van der Waals surface area contributed by atoms with Crippen LogP contribution in [0.1, 0.15) is 45.0 Å². The number of nitrogens with zero attached hydrogens (tertiary/aromatic N) is 2. The molecule has 1 amide bonds. The fraction of sp³-hybridized carbons (Fsp3) is 0.500. The Hall–Kier alpha value is -1.84. The van der Waals surface area contributed by atoms with Crippen molar-refractivity contribution in [3.05, 3.63) is 29.6 Å². The SMILES string of the molecule is CCN(CC)C(=O)Cc1ccc2nc(C(C)C)[nH]c2c1. The Morgan fingerprint density at radius 3 is 2.60 bits per heavy atom. The molecule has 1 aromatic heterocycles. The topological polar surface area (TPSA) is 49.0 Å². The molecule has 4 heteroatoms. The molecule has 0 radical (unpaired) electrons.